The molecule has 0 atom stereocenters. The maximum atomic E-state index is 12.1. The first kappa shape index (κ1) is 18.5. The van der Waals surface area contributed by atoms with E-state index in [1.807, 2.05) is 32.0 Å². The van der Waals surface area contributed by atoms with Crippen LogP contribution in [0, 0.1) is 13.8 Å². The van der Waals surface area contributed by atoms with Crippen molar-refractivity contribution in [1.29, 1.82) is 0 Å². The van der Waals surface area contributed by atoms with Crippen LogP contribution in [-0.4, -0.2) is 18.2 Å². The number of thioether (sulfide) groups is 1. The van der Waals surface area contributed by atoms with Crippen LogP contribution in [0.1, 0.15) is 22.6 Å². The van der Waals surface area contributed by atoms with Gasteiger partial charge in [-0.1, -0.05) is 30.0 Å². The van der Waals surface area contributed by atoms with Crippen molar-refractivity contribution < 1.29 is 18.0 Å². The summed E-state index contributed by atoms with van der Waals surface area (Å²) in [6.07, 6.45) is 0. The first-order chi connectivity index (χ1) is 11.5. The summed E-state index contributed by atoms with van der Waals surface area (Å²) < 4.78 is 29.7. The molecule has 2 N–H and O–H groups in total. The molecule has 0 aliphatic rings. The largest absolute Gasteiger partial charge is 0.464 e. The smallest absolute Gasteiger partial charge is 0.284 e. The molecule has 0 radical (unpaired) electrons. The lowest BCUT2D eigenvalue weighted by atomic mass is 10.1. The Morgan fingerprint density at radius 3 is 2.50 bits per heavy atom. The van der Waals surface area contributed by atoms with E-state index in [9.17, 15) is 13.6 Å². The van der Waals surface area contributed by atoms with Crippen LogP contribution in [0.5, 0.6) is 0 Å². The Kier molecular flexibility index (Phi) is 6.81. The SMILES string of the molecule is Cc1cccc(C)c1NC(=O)CNCc1ccc(CSC(F)F)o1. The van der Waals surface area contributed by atoms with E-state index in [0.717, 1.165) is 16.8 Å². The Hall–Kier alpha value is -1.86. The molecule has 0 spiro atoms. The molecule has 4 nitrogen and oxygen atoms in total. The third kappa shape index (κ3) is 5.65. The van der Waals surface area contributed by atoms with Crippen molar-refractivity contribution >= 4 is 23.4 Å². The lowest BCUT2D eigenvalue weighted by Crippen LogP contribution is -2.28. The van der Waals surface area contributed by atoms with Crippen LogP contribution in [0.3, 0.4) is 0 Å². The van der Waals surface area contributed by atoms with E-state index in [4.69, 9.17) is 4.42 Å². The molecule has 1 aromatic carbocycles. The molecule has 0 saturated carbocycles. The second-order valence-electron chi connectivity index (χ2n) is 5.36. The highest BCUT2D eigenvalue weighted by Gasteiger charge is 2.09. The zero-order chi connectivity index (χ0) is 17.5. The van der Waals surface area contributed by atoms with Gasteiger partial charge in [-0.05, 0) is 37.1 Å². The van der Waals surface area contributed by atoms with Crippen LogP contribution >= 0.6 is 11.8 Å². The zero-order valence-electron chi connectivity index (χ0n) is 13.6. The number of hydrogen-bond acceptors (Lipinski definition) is 4. The molecular weight excluding hydrogens is 334 g/mol. The number of amides is 1. The summed E-state index contributed by atoms with van der Waals surface area (Å²) in [4.78, 5) is 12.0. The molecule has 7 heteroatoms. The molecule has 24 heavy (non-hydrogen) atoms. The van der Waals surface area contributed by atoms with E-state index in [0.29, 0.717) is 29.8 Å². The van der Waals surface area contributed by atoms with Gasteiger partial charge in [0.15, 0.2) is 0 Å². The predicted octanol–water partition coefficient (Wildman–Crippen LogP) is 4.08. The first-order valence-electron chi connectivity index (χ1n) is 7.50. The highest BCUT2D eigenvalue weighted by Crippen LogP contribution is 2.21. The van der Waals surface area contributed by atoms with Gasteiger partial charge in [0.1, 0.15) is 11.5 Å². The topological polar surface area (TPSA) is 54.3 Å². The molecule has 0 aliphatic heterocycles. The Bertz CT molecular complexity index is 669. The summed E-state index contributed by atoms with van der Waals surface area (Å²) in [6, 6.07) is 9.22. The van der Waals surface area contributed by atoms with Gasteiger partial charge >= 0.3 is 0 Å². The molecule has 0 saturated heterocycles. The number of alkyl halides is 2. The standard InChI is InChI=1S/C17H20F2N2O2S/c1-11-4-3-5-12(2)16(11)21-15(22)9-20-8-13-6-7-14(23-13)10-24-17(18)19/h3-7,17,20H,8-10H2,1-2H3,(H,21,22). The summed E-state index contributed by atoms with van der Waals surface area (Å²) in [6.45, 7) is 4.38. The van der Waals surface area contributed by atoms with Crippen LogP contribution in [-0.2, 0) is 17.1 Å². The van der Waals surface area contributed by atoms with E-state index < -0.39 is 5.76 Å². The van der Waals surface area contributed by atoms with Crippen molar-refractivity contribution in [3.8, 4) is 0 Å². The summed E-state index contributed by atoms with van der Waals surface area (Å²) >= 11 is 0.519. The number of para-hydroxylation sites is 1. The number of nitrogens with one attached hydrogen (secondary N) is 2. The van der Waals surface area contributed by atoms with E-state index in [1.54, 1.807) is 12.1 Å². The highest BCUT2D eigenvalue weighted by atomic mass is 32.2. The van der Waals surface area contributed by atoms with Crippen LogP contribution in [0.15, 0.2) is 34.7 Å². The lowest BCUT2D eigenvalue weighted by molar-refractivity contribution is -0.115. The molecule has 2 aromatic rings. The van der Waals surface area contributed by atoms with Gasteiger partial charge in [-0.15, -0.1) is 0 Å². The van der Waals surface area contributed by atoms with Crippen LogP contribution < -0.4 is 10.6 Å². The number of furan rings is 1. The fourth-order valence-corrected chi connectivity index (χ4v) is 2.68. The number of halogens is 2. The zero-order valence-corrected chi connectivity index (χ0v) is 14.4. The van der Waals surface area contributed by atoms with Gasteiger partial charge in [-0.2, -0.15) is 8.78 Å². The van der Waals surface area contributed by atoms with Crippen molar-refractivity contribution in [2.75, 3.05) is 11.9 Å². The second-order valence-corrected chi connectivity index (χ2v) is 6.34. The van der Waals surface area contributed by atoms with Crippen molar-refractivity contribution in [1.82, 2.24) is 5.32 Å². The van der Waals surface area contributed by atoms with E-state index in [2.05, 4.69) is 10.6 Å². The lowest BCUT2D eigenvalue weighted by Gasteiger charge is -2.11. The van der Waals surface area contributed by atoms with E-state index in [-0.39, 0.29) is 18.2 Å². The number of aryl methyl sites for hydroxylation is 2. The monoisotopic (exact) mass is 354 g/mol. The summed E-state index contributed by atoms with van der Waals surface area (Å²) in [5.41, 5.74) is 2.85. The maximum Gasteiger partial charge on any atom is 0.284 e. The maximum absolute atomic E-state index is 12.1. The molecule has 0 bridgehead atoms. The summed E-state index contributed by atoms with van der Waals surface area (Å²) in [5, 5.41) is 5.86. The van der Waals surface area contributed by atoms with Crippen LogP contribution in [0.25, 0.3) is 0 Å². The minimum absolute atomic E-state index is 0.130. The van der Waals surface area contributed by atoms with Gasteiger partial charge in [-0.25, -0.2) is 0 Å². The normalized spacial score (nSPS) is 11.0. The van der Waals surface area contributed by atoms with Crippen LogP contribution in [0.4, 0.5) is 14.5 Å². The molecule has 0 unspecified atom stereocenters. The fraction of sp³-hybridized carbons (Fsp3) is 0.353. The fourth-order valence-electron chi connectivity index (χ4n) is 2.23. The number of carbonyl (C=O) groups is 1. The number of benzene rings is 1. The summed E-state index contributed by atoms with van der Waals surface area (Å²) in [7, 11) is 0. The third-order valence-electron chi connectivity index (χ3n) is 3.40. The molecule has 0 aliphatic carbocycles. The van der Waals surface area contributed by atoms with Crippen molar-refractivity contribution in [2.45, 2.75) is 31.9 Å². The second kappa shape index (κ2) is 8.84. The Labute approximate surface area is 144 Å². The van der Waals surface area contributed by atoms with E-state index in [1.165, 1.54) is 0 Å². The number of anilines is 1. The van der Waals surface area contributed by atoms with Gasteiger partial charge in [0, 0.05) is 5.69 Å². The molecule has 2 rings (SSSR count). The van der Waals surface area contributed by atoms with Gasteiger partial charge in [0.2, 0.25) is 5.91 Å². The van der Waals surface area contributed by atoms with Gasteiger partial charge in [0.05, 0.1) is 18.8 Å². The molecular formula is C17H20F2N2O2S. The average Bonchev–Trinajstić information content (AvgIpc) is 2.97. The summed E-state index contributed by atoms with van der Waals surface area (Å²) in [5.74, 6) is -1.32. The van der Waals surface area contributed by atoms with Crippen molar-refractivity contribution in [3.63, 3.8) is 0 Å². The van der Waals surface area contributed by atoms with Crippen molar-refractivity contribution in [2.24, 2.45) is 0 Å². The highest BCUT2D eigenvalue weighted by molar-refractivity contribution is 7.98. The average molecular weight is 354 g/mol. The minimum atomic E-state index is -2.41. The third-order valence-corrected chi connectivity index (χ3v) is 4.10. The number of rotatable bonds is 8. The minimum Gasteiger partial charge on any atom is -0.464 e. The van der Waals surface area contributed by atoms with Gasteiger partial charge in [0.25, 0.3) is 5.76 Å². The van der Waals surface area contributed by atoms with Gasteiger partial charge < -0.3 is 15.1 Å². The molecule has 1 aromatic heterocycles. The molecule has 130 valence electrons. The Morgan fingerprint density at radius 2 is 1.83 bits per heavy atom. The van der Waals surface area contributed by atoms with Crippen molar-refractivity contribution in [3.05, 3.63) is 53.0 Å². The Balaban J connectivity index is 1.77. The molecule has 0 fully saturated rings. The molecule has 1 amide bonds. The predicted molar refractivity (Wildman–Crippen MR) is 92.3 cm³/mol. The van der Waals surface area contributed by atoms with Crippen LogP contribution in [0.2, 0.25) is 0 Å². The van der Waals surface area contributed by atoms with Gasteiger partial charge in [-0.3, -0.25) is 4.79 Å². The molecule has 1 heterocycles. The Morgan fingerprint density at radius 1 is 1.17 bits per heavy atom. The first-order valence-corrected chi connectivity index (χ1v) is 8.54. The van der Waals surface area contributed by atoms with E-state index >= 15 is 0 Å². The number of carbonyl (C=O) groups excluding carboxylic acids is 1. The number of hydrogen-bond donors (Lipinski definition) is 2. The quantitative estimate of drug-likeness (QED) is 0.750.